The number of non-ortho nitro benzene ring substituents is 1. The molecule has 0 aliphatic heterocycles. The van der Waals surface area contributed by atoms with Crippen LogP contribution in [0.4, 0.5) is 5.69 Å². The summed E-state index contributed by atoms with van der Waals surface area (Å²) in [5, 5.41) is 19.0. The lowest BCUT2D eigenvalue weighted by Gasteiger charge is -1.98. The van der Waals surface area contributed by atoms with Gasteiger partial charge in [-0.1, -0.05) is 25.1 Å². The molecule has 0 spiro atoms. The number of aryl methyl sites for hydroxylation is 1. The lowest BCUT2D eigenvalue weighted by Crippen LogP contribution is -2.01. The van der Waals surface area contributed by atoms with E-state index in [0.29, 0.717) is 11.5 Å². The summed E-state index contributed by atoms with van der Waals surface area (Å²) in [4.78, 5) is 29.6. The van der Waals surface area contributed by atoms with E-state index in [9.17, 15) is 19.7 Å². The zero-order valence-corrected chi connectivity index (χ0v) is 14.6. The first-order valence-corrected chi connectivity index (χ1v) is 7.27. The van der Waals surface area contributed by atoms with Crippen LogP contribution in [0, 0.1) is 17.0 Å². The van der Waals surface area contributed by atoms with Crippen molar-refractivity contribution in [1.82, 2.24) is 0 Å². The number of esters is 1. The van der Waals surface area contributed by atoms with Crippen molar-refractivity contribution in [2.24, 2.45) is 0 Å². The number of phenols is 1. The number of carbonyl (C=O) groups excluding carboxylic acids is 2. The van der Waals surface area contributed by atoms with E-state index in [4.69, 9.17) is 5.11 Å². The molecule has 7 heteroatoms. The van der Waals surface area contributed by atoms with Gasteiger partial charge < -0.3 is 14.6 Å². The molecule has 0 fully saturated rings. The van der Waals surface area contributed by atoms with Crippen LogP contribution >= 0.6 is 0 Å². The van der Waals surface area contributed by atoms with Gasteiger partial charge in [0.15, 0.2) is 0 Å². The van der Waals surface area contributed by atoms with E-state index in [-0.39, 0.29) is 20.3 Å². The van der Waals surface area contributed by atoms with Crippen LogP contribution < -0.4 is 4.74 Å². The molecule has 0 aliphatic carbocycles. The number of nitro benzene ring substituents is 1. The first kappa shape index (κ1) is 25.0. The fraction of sp³-hybridized carbons (Fsp3) is 0.263. The number of nitro groups is 1. The smallest absolute Gasteiger partial charge is 0.308 e. The predicted octanol–water partition coefficient (Wildman–Crippen LogP) is 4.70. The van der Waals surface area contributed by atoms with Gasteiger partial charge in [-0.25, -0.2) is 0 Å². The van der Waals surface area contributed by atoms with Gasteiger partial charge in [-0.3, -0.25) is 14.9 Å². The molecule has 2 aromatic rings. The van der Waals surface area contributed by atoms with E-state index in [1.54, 1.807) is 12.1 Å². The minimum Gasteiger partial charge on any atom is -0.508 e. The van der Waals surface area contributed by atoms with Crippen molar-refractivity contribution in [3.8, 4) is 11.5 Å². The second kappa shape index (κ2) is 13.1. The Hall–Kier alpha value is -3.22. The molecule has 2 aromatic carbocycles. The van der Waals surface area contributed by atoms with Crippen molar-refractivity contribution in [2.75, 3.05) is 0 Å². The Labute approximate surface area is 154 Å². The van der Waals surface area contributed by atoms with E-state index >= 15 is 0 Å². The van der Waals surface area contributed by atoms with Gasteiger partial charge in [0.25, 0.3) is 5.69 Å². The van der Waals surface area contributed by atoms with Crippen molar-refractivity contribution < 1.29 is 25.8 Å². The van der Waals surface area contributed by atoms with E-state index < -0.39 is 10.9 Å². The number of hydrogen-bond donors (Lipinski definition) is 1. The van der Waals surface area contributed by atoms with Gasteiger partial charge >= 0.3 is 5.97 Å². The Morgan fingerprint density at radius 1 is 1.00 bits per heavy atom. The Morgan fingerprint density at radius 2 is 1.42 bits per heavy atom. The highest BCUT2D eigenvalue weighted by Gasteiger charge is 2.04. The van der Waals surface area contributed by atoms with Gasteiger partial charge in [-0.15, -0.1) is 0 Å². The van der Waals surface area contributed by atoms with Crippen LogP contribution in [-0.4, -0.2) is 21.8 Å². The number of aromatic hydroxyl groups is 1. The van der Waals surface area contributed by atoms with E-state index in [1.807, 2.05) is 19.1 Å². The highest BCUT2D eigenvalue weighted by Crippen LogP contribution is 2.17. The zero-order chi connectivity index (χ0) is 19.4. The average Bonchev–Trinajstić information content (AvgIpc) is 2.50. The first-order valence-electron chi connectivity index (χ1n) is 7.27. The molecular weight excluding hydrogens is 338 g/mol. The van der Waals surface area contributed by atoms with Crippen LogP contribution in [0.3, 0.4) is 0 Å². The van der Waals surface area contributed by atoms with Gasteiger partial charge in [0.05, 0.1) is 4.92 Å². The highest BCUT2D eigenvalue weighted by molar-refractivity contribution is 5.72. The van der Waals surface area contributed by atoms with Crippen LogP contribution in [0.15, 0.2) is 48.5 Å². The largest absolute Gasteiger partial charge is 0.508 e. The first-order chi connectivity index (χ1) is 11.6. The molecule has 7 nitrogen and oxygen atoms in total. The van der Waals surface area contributed by atoms with Crippen LogP contribution in [0.25, 0.3) is 0 Å². The maximum Gasteiger partial charge on any atom is 0.308 e. The number of nitrogens with zero attached hydrogens (tertiary/aromatic N) is 1. The van der Waals surface area contributed by atoms with Crippen molar-refractivity contribution in [3.63, 3.8) is 0 Å². The number of rotatable bonds is 2. The molecule has 1 N–H and O–H groups in total. The Bertz CT molecular complexity index is 674. The summed E-state index contributed by atoms with van der Waals surface area (Å²) < 4.78 is 4.69. The second-order valence-corrected chi connectivity index (χ2v) is 5.09. The summed E-state index contributed by atoms with van der Waals surface area (Å²) in [5.74, 6) is 0.350. The van der Waals surface area contributed by atoms with Crippen LogP contribution in [0.5, 0.6) is 11.5 Å². The third-order valence-electron chi connectivity index (χ3n) is 2.34. The molecule has 0 aromatic heterocycles. The third kappa shape index (κ3) is 13.2. The van der Waals surface area contributed by atoms with E-state index in [0.717, 1.165) is 0 Å². The van der Waals surface area contributed by atoms with Gasteiger partial charge in [0.1, 0.15) is 17.3 Å². The lowest BCUT2D eigenvalue weighted by molar-refractivity contribution is -0.384. The number of hydrogen-bond acceptors (Lipinski definition) is 6. The van der Waals surface area contributed by atoms with Gasteiger partial charge in [0, 0.05) is 20.5 Å². The molecule has 0 saturated heterocycles. The molecular formula is C19H27NO6. The SMILES string of the molecule is C.CC(=O)Oc1ccc([N+](=O)[O-])cc1.CC(C)=O.Cc1ccc(O)cc1.[HH]. The Morgan fingerprint density at radius 3 is 1.73 bits per heavy atom. The minimum atomic E-state index is -0.516. The topological polar surface area (TPSA) is 107 Å². The molecule has 0 amide bonds. The van der Waals surface area contributed by atoms with Crippen LogP contribution in [0.1, 0.15) is 35.2 Å². The molecule has 26 heavy (non-hydrogen) atoms. The predicted molar refractivity (Wildman–Crippen MR) is 102 cm³/mol. The fourth-order valence-electron chi connectivity index (χ4n) is 1.35. The molecule has 0 atom stereocenters. The number of ether oxygens (including phenoxy) is 1. The minimum absolute atomic E-state index is 0. The summed E-state index contributed by atoms with van der Waals surface area (Å²) in [5.41, 5.74) is 1.14. The van der Waals surface area contributed by atoms with Crippen LogP contribution in [-0.2, 0) is 9.59 Å². The average molecular weight is 365 g/mol. The molecule has 0 aliphatic rings. The molecule has 2 rings (SSSR count). The van der Waals surface area contributed by atoms with Gasteiger partial charge in [-0.2, -0.15) is 0 Å². The normalized spacial score (nSPS) is 8.46. The van der Waals surface area contributed by atoms with Crippen molar-refractivity contribution in [2.45, 2.75) is 35.1 Å². The third-order valence-corrected chi connectivity index (χ3v) is 2.34. The lowest BCUT2D eigenvalue weighted by atomic mass is 10.2. The fourth-order valence-corrected chi connectivity index (χ4v) is 1.35. The number of ketones is 1. The number of benzene rings is 2. The molecule has 0 unspecified atom stereocenters. The Balaban J connectivity index is -0.000000355. The quantitative estimate of drug-likeness (QED) is 0.358. The van der Waals surface area contributed by atoms with Gasteiger partial charge in [0.2, 0.25) is 0 Å². The molecule has 0 bridgehead atoms. The van der Waals surface area contributed by atoms with Crippen molar-refractivity contribution >= 4 is 17.4 Å². The van der Waals surface area contributed by atoms with Crippen LogP contribution in [0.2, 0.25) is 0 Å². The maximum absolute atomic E-state index is 10.5. The molecule has 0 radical (unpaired) electrons. The highest BCUT2D eigenvalue weighted by atomic mass is 16.6. The summed E-state index contributed by atoms with van der Waals surface area (Å²) in [6.07, 6.45) is 0. The molecule has 0 heterocycles. The Kier molecular flexibility index (Phi) is 12.6. The monoisotopic (exact) mass is 365 g/mol. The summed E-state index contributed by atoms with van der Waals surface area (Å²) in [6, 6.07) is 12.4. The summed E-state index contributed by atoms with van der Waals surface area (Å²) >= 11 is 0. The number of Topliss-reactive ketones (excluding diaryl/α,β-unsaturated/α-hetero) is 1. The van der Waals surface area contributed by atoms with Crippen molar-refractivity contribution in [1.29, 1.82) is 0 Å². The van der Waals surface area contributed by atoms with E-state index in [1.165, 1.54) is 50.6 Å². The summed E-state index contributed by atoms with van der Waals surface area (Å²) in [7, 11) is 0. The van der Waals surface area contributed by atoms with E-state index in [2.05, 4.69) is 4.74 Å². The zero-order valence-electron chi connectivity index (χ0n) is 14.6. The standard InChI is InChI=1S/C8H7NO4.C7H8O.C3H6O.CH4.H2/c1-6(10)13-8-4-2-7(3-5-8)9(11)12;1-6-2-4-7(8)5-3-6;1-3(2)4;;/h2-5H,1H3;2-5,8H,1H3;1-2H3;1H4;1H. The van der Waals surface area contributed by atoms with Crippen molar-refractivity contribution in [3.05, 3.63) is 64.2 Å². The molecule has 0 saturated carbocycles. The maximum atomic E-state index is 10.5. The molecule has 144 valence electrons. The number of carbonyl (C=O) groups is 2. The second-order valence-electron chi connectivity index (χ2n) is 5.09. The number of phenolic OH excluding ortho intramolecular Hbond substituents is 1. The summed E-state index contributed by atoms with van der Waals surface area (Å²) in [6.45, 7) is 6.31. The van der Waals surface area contributed by atoms with Gasteiger partial charge in [-0.05, 0) is 45.0 Å².